The van der Waals surface area contributed by atoms with Gasteiger partial charge in [-0.1, -0.05) is 56.8 Å². The van der Waals surface area contributed by atoms with Gasteiger partial charge in [-0.3, -0.25) is 4.98 Å². The number of hydrogen-bond donors (Lipinski definition) is 0. The summed E-state index contributed by atoms with van der Waals surface area (Å²) in [7, 11) is 0. The molecule has 0 spiro atoms. The highest BCUT2D eigenvalue weighted by Gasteiger charge is 2.29. The number of aromatic nitrogens is 1. The molecule has 1 saturated carbocycles. The van der Waals surface area contributed by atoms with E-state index < -0.39 is 0 Å². The minimum absolute atomic E-state index is 0.402. The Balaban J connectivity index is 1.93. The fraction of sp³-hybridized carbons (Fsp3) is 0.261. The summed E-state index contributed by atoms with van der Waals surface area (Å²) in [5.41, 5.74) is 4.38. The van der Waals surface area contributed by atoms with Gasteiger partial charge in [0.05, 0.1) is 11.2 Å². The average molecular weight is 329 g/mol. The maximum atomic E-state index is 6.51. The van der Waals surface area contributed by atoms with E-state index in [0.717, 1.165) is 33.7 Å². The SMILES string of the molecule is C=Cc1c(C2CC2)nc2ccccc2c1Oc1ccccc1C(C)C. The number of hydrogen-bond acceptors (Lipinski definition) is 2. The molecule has 126 valence electrons. The molecule has 0 atom stereocenters. The monoisotopic (exact) mass is 329 g/mol. The van der Waals surface area contributed by atoms with E-state index in [1.54, 1.807) is 0 Å². The van der Waals surface area contributed by atoms with Crippen molar-refractivity contribution < 1.29 is 4.74 Å². The second-order valence-electron chi connectivity index (χ2n) is 7.03. The highest BCUT2D eigenvalue weighted by molar-refractivity contribution is 5.90. The zero-order chi connectivity index (χ0) is 17.4. The molecule has 3 aromatic rings. The lowest BCUT2D eigenvalue weighted by molar-refractivity contribution is 0.476. The second-order valence-corrected chi connectivity index (χ2v) is 7.03. The maximum absolute atomic E-state index is 6.51. The Morgan fingerprint density at radius 1 is 1.08 bits per heavy atom. The van der Waals surface area contributed by atoms with Crippen LogP contribution in [0.4, 0.5) is 0 Å². The van der Waals surface area contributed by atoms with E-state index in [4.69, 9.17) is 9.72 Å². The Morgan fingerprint density at radius 2 is 1.80 bits per heavy atom. The van der Waals surface area contributed by atoms with E-state index in [0.29, 0.717) is 11.8 Å². The van der Waals surface area contributed by atoms with Gasteiger partial charge in [-0.25, -0.2) is 0 Å². The zero-order valence-corrected chi connectivity index (χ0v) is 14.8. The molecule has 25 heavy (non-hydrogen) atoms. The summed E-state index contributed by atoms with van der Waals surface area (Å²) in [6.07, 6.45) is 4.31. The van der Waals surface area contributed by atoms with Crippen molar-refractivity contribution in [3.63, 3.8) is 0 Å². The molecule has 0 aliphatic heterocycles. The molecule has 0 amide bonds. The molecule has 0 N–H and O–H groups in total. The molecule has 1 aliphatic carbocycles. The summed E-state index contributed by atoms with van der Waals surface area (Å²) in [5, 5.41) is 1.04. The van der Waals surface area contributed by atoms with Gasteiger partial charge < -0.3 is 4.74 Å². The fourth-order valence-electron chi connectivity index (χ4n) is 3.35. The summed E-state index contributed by atoms with van der Waals surface area (Å²) < 4.78 is 6.51. The second kappa shape index (κ2) is 6.36. The van der Waals surface area contributed by atoms with Crippen LogP contribution in [0.5, 0.6) is 11.5 Å². The first-order valence-electron chi connectivity index (χ1n) is 9.01. The number of ether oxygens (including phenoxy) is 1. The van der Waals surface area contributed by atoms with E-state index in [1.165, 1.54) is 18.4 Å². The van der Waals surface area contributed by atoms with Crippen LogP contribution in [0.2, 0.25) is 0 Å². The van der Waals surface area contributed by atoms with Gasteiger partial charge in [0.2, 0.25) is 0 Å². The first-order valence-corrected chi connectivity index (χ1v) is 9.01. The van der Waals surface area contributed by atoms with Crippen molar-refractivity contribution in [2.24, 2.45) is 0 Å². The third kappa shape index (κ3) is 2.93. The van der Waals surface area contributed by atoms with Gasteiger partial charge in [-0.15, -0.1) is 0 Å². The molecule has 2 aromatic carbocycles. The highest BCUT2D eigenvalue weighted by Crippen LogP contribution is 2.46. The Kier molecular flexibility index (Phi) is 4.04. The van der Waals surface area contributed by atoms with E-state index in [2.05, 4.69) is 44.7 Å². The van der Waals surface area contributed by atoms with Crippen LogP contribution in [0.15, 0.2) is 55.1 Å². The summed E-state index contributed by atoms with van der Waals surface area (Å²) >= 11 is 0. The zero-order valence-electron chi connectivity index (χ0n) is 14.8. The van der Waals surface area contributed by atoms with Crippen molar-refractivity contribution in [1.82, 2.24) is 4.98 Å². The van der Waals surface area contributed by atoms with Crippen molar-refractivity contribution in [1.29, 1.82) is 0 Å². The predicted octanol–water partition coefficient (Wildman–Crippen LogP) is 6.67. The van der Waals surface area contributed by atoms with Crippen molar-refractivity contribution in [2.75, 3.05) is 0 Å². The fourth-order valence-corrected chi connectivity index (χ4v) is 3.35. The van der Waals surface area contributed by atoms with Gasteiger partial charge in [0.15, 0.2) is 0 Å². The quantitative estimate of drug-likeness (QED) is 0.521. The minimum Gasteiger partial charge on any atom is -0.456 e. The largest absolute Gasteiger partial charge is 0.456 e. The predicted molar refractivity (Wildman–Crippen MR) is 104 cm³/mol. The summed E-state index contributed by atoms with van der Waals surface area (Å²) in [4.78, 5) is 4.92. The molecule has 0 unspecified atom stereocenters. The molecule has 0 saturated heterocycles. The lowest BCUT2D eigenvalue weighted by Gasteiger charge is -2.18. The van der Waals surface area contributed by atoms with E-state index >= 15 is 0 Å². The Morgan fingerprint density at radius 3 is 2.52 bits per heavy atom. The normalized spacial score (nSPS) is 14.0. The van der Waals surface area contributed by atoms with Gasteiger partial charge >= 0.3 is 0 Å². The lowest BCUT2D eigenvalue weighted by Crippen LogP contribution is -2.00. The molecule has 1 fully saturated rings. The molecule has 4 rings (SSSR count). The van der Waals surface area contributed by atoms with Crippen LogP contribution in [0.25, 0.3) is 17.0 Å². The van der Waals surface area contributed by atoms with Gasteiger partial charge in [0.25, 0.3) is 0 Å². The van der Waals surface area contributed by atoms with Gasteiger partial charge in [0, 0.05) is 16.9 Å². The Labute approximate surface area is 149 Å². The molecule has 1 aromatic heterocycles. The number of para-hydroxylation sites is 2. The van der Waals surface area contributed by atoms with Crippen molar-refractivity contribution >= 4 is 17.0 Å². The van der Waals surface area contributed by atoms with Crippen LogP contribution < -0.4 is 4.74 Å². The third-order valence-electron chi connectivity index (χ3n) is 4.83. The first-order chi connectivity index (χ1) is 12.2. The molecule has 0 bridgehead atoms. The molecule has 1 heterocycles. The van der Waals surface area contributed by atoms with E-state index in [1.807, 2.05) is 30.3 Å². The molecular formula is C23H23NO. The summed E-state index contributed by atoms with van der Waals surface area (Å²) in [6.45, 7) is 8.43. The molecule has 1 aliphatic rings. The van der Waals surface area contributed by atoms with Crippen LogP contribution in [-0.2, 0) is 0 Å². The average Bonchev–Trinajstić information content (AvgIpc) is 3.46. The van der Waals surface area contributed by atoms with Gasteiger partial charge in [0.1, 0.15) is 11.5 Å². The first kappa shape index (κ1) is 15.9. The molecule has 0 radical (unpaired) electrons. The van der Waals surface area contributed by atoms with Crippen LogP contribution in [0.3, 0.4) is 0 Å². The number of nitrogens with zero attached hydrogens (tertiary/aromatic N) is 1. The van der Waals surface area contributed by atoms with Crippen LogP contribution in [-0.4, -0.2) is 4.98 Å². The lowest BCUT2D eigenvalue weighted by atomic mass is 10.0. The number of pyridine rings is 1. The summed E-state index contributed by atoms with van der Waals surface area (Å²) in [5.74, 6) is 2.74. The van der Waals surface area contributed by atoms with Crippen LogP contribution in [0.1, 0.15) is 55.3 Å². The van der Waals surface area contributed by atoms with Crippen molar-refractivity contribution in [3.05, 3.63) is 71.9 Å². The van der Waals surface area contributed by atoms with Gasteiger partial charge in [-0.2, -0.15) is 0 Å². The Hall–Kier alpha value is -2.61. The van der Waals surface area contributed by atoms with Crippen LogP contribution in [0, 0.1) is 0 Å². The third-order valence-corrected chi connectivity index (χ3v) is 4.83. The number of fused-ring (bicyclic) bond motifs is 1. The highest BCUT2D eigenvalue weighted by atomic mass is 16.5. The number of rotatable bonds is 5. The number of benzene rings is 2. The minimum atomic E-state index is 0.402. The van der Waals surface area contributed by atoms with E-state index in [9.17, 15) is 0 Å². The molecular weight excluding hydrogens is 306 g/mol. The van der Waals surface area contributed by atoms with Crippen LogP contribution >= 0.6 is 0 Å². The van der Waals surface area contributed by atoms with Gasteiger partial charge in [-0.05, 0) is 42.5 Å². The van der Waals surface area contributed by atoms with Crippen molar-refractivity contribution in [3.8, 4) is 11.5 Å². The maximum Gasteiger partial charge on any atom is 0.145 e. The molecule has 2 nitrogen and oxygen atoms in total. The Bertz CT molecular complexity index is 938. The standard InChI is InChI=1S/C23H23NO/c1-4-17-22(16-13-14-16)24-20-11-7-5-10-19(20)23(17)25-21-12-8-6-9-18(21)15(2)3/h4-12,15-16H,1,13-14H2,2-3H3. The molecule has 2 heteroatoms. The summed E-state index contributed by atoms with van der Waals surface area (Å²) in [6, 6.07) is 16.5. The van der Waals surface area contributed by atoms with E-state index in [-0.39, 0.29) is 0 Å². The van der Waals surface area contributed by atoms with Crippen molar-refractivity contribution in [2.45, 2.75) is 38.5 Å². The topological polar surface area (TPSA) is 22.1 Å². The smallest absolute Gasteiger partial charge is 0.145 e.